The summed E-state index contributed by atoms with van der Waals surface area (Å²) in [5.41, 5.74) is 0.107. The Morgan fingerprint density at radius 2 is 1.76 bits per heavy atom. The number of benzene rings is 1. The molecule has 0 aliphatic heterocycles. The van der Waals surface area contributed by atoms with E-state index >= 15 is 0 Å². The summed E-state index contributed by atoms with van der Waals surface area (Å²) < 4.78 is 68.4. The zero-order chi connectivity index (χ0) is 24.2. The van der Waals surface area contributed by atoms with Crippen LogP contribution >= 0.6 is 0 Å². The Balaban J connectivity index is 1.81. The average molecular weight is 466 g/mol. The predicted molar refractivity (Wildman–Crippen MR) is 107 cm³/mol. The number of halogens is 5. The Kier molecular flexibility index (Phi) is 6.85. The first-order valence-corrected chi connectivity index (χ1v) is 9.24. The molecule has 3 rings (SSSR count). The van der Waals surface area contributed by atoms with Gasteiger partial charge in [-0.1, -0.05) is 6.07 Å². The fraction of sp³-hybridized carbons (Fsp3) is 0.143. The number of carbonyl (C=O) groups is 2. The molecular formula is C21H15F5N4O3. The maximum atomic E-state index is 13.5. The van der Waals surface area contributed by atoms with Gasteiger partial charge in [-0.3, -0.25) is 14.5 Å². The number of nitrogens with zero attached hydrogens (tertiary/aromatic N) is 3. The number of anilines is 3. The highest BCUT2D eigenvalue weighted by Gasteiger charge is 2.32. The van der Waals surface area contributed by atoms with Crippen molar-refractivity contribution in [2.75, 3.05) is 10.2 Å². The van der Waals surface area contributed by atoms with Crippen LogP contribution < -0.4 is 15.0 Å². The smallest absolute Gasteiger partial charge is 0.405 e. The van der Waals surface area contributed by atoms with Crippen LogP contribution in [0.25, 0.3) is 0 Å². The molecule has 2 amide bonds. The minimum Gasteiger partial charge on any atom is -0.405 e. The molecule has 0 bridgehead atoms. The van der Waals surface area contributed by atoms with Crippen molar-refractivity contribution in [3.05, 3.63) is 72.2 Å². The van der Waals surface area contributed by atoms with Crippen LogP contribution in [0.1, 0.15) is 12.5 Å². The fourth-order valence-corrected chi connectivity index (χ4v) is 2.90. The van der Waals surface area contributed by atoms with Gasteiger partial charge in [0, 0.05) is 48.8 Å². The molecule has 12 heteroatoms. The number of hydrogen-bond donors (Lipinski definition) is 1. The summed E-state index contributed by atoms with van der Waals surface area (Å²) in [4.78, 5) is 33.1. The second kappa shape index (κ2) is 9.59. The van der Waals surface area contributed by atoms with E-state index in [2.05, 4.69) is 20.0 Å². The standard InChI is InChI=1S/C21H15F5N4O3/c1-12(31)30(16-5-7-27-18(23)11-16)19-10-15(4-6-28-19)29-20(32)8-13-2-3-14(22)9-17(13)33-21(24,25)26/h2-7,9-11H,8H2,1H3,(H,28,29,32). The lowest BCUT2D eigenvalue weighted by molar-refractivity contribution is -0.275. The summed E-state index contributed by atoms with van der Waals surface area (Å²) >= 11 is 0. The van der Waals surface area contributed by atoms with E-state index in [1.54, 1.807) is 0 Å². The van der Waals surface area contributed by atoms with Gasteiger partial charge in [0.15, 0.2) is 0 Å². The van der Waals surface area contributed by atoms with Crippen LogP contribution in [0.15, 0.2) is 54.9 Å². The third-order valence-electron chi connectivity index (χ3n) is 4.15. The van der Waals surface area contributed by atoms with Gasteiger partial charge in [-0.05, 0) is 18.2 Å². The number of amides is 2. The second-order valence-corrected chi connectivity index (χ2v) is 6.62. The Bertz CT molecular complexity index is 1190. The van der Waals surface area contributed by atoms with Crippen LogP contribution in [0.2, 0.25) is 0 Å². The van der Waals surface area contributed by atoms with Crippen molar-refractivity contribution in [2.24, 2.45) is 0 Å². The molecule has 2 heterocycles. The fourth-order valence-electron chi connectivity index (χ4n) is 2.90. The lowest BCUT2D eigenvalue weighted by Crippen LogP contribution is -2.24. The minimum atomic E-state index is -5.07. The van der Waals surface area contributed by atoms with E-state index in [0.717, 1.165) is 29.3 Å². The first kappa shape index (κ1) is 23.6. The summed E-state index contributed by atoms with van der Waals surface area (Å²) in [6.07, 6.45) is -3.19. The van der Waals surface area contributed by atoms with E-state index in [1.807, 2.05) is 0 Å². The molecule has 1 N–H and O–H groups in total. The molecule has 0 fully saturated rings. The van der Waals surface area contributed by atoms with Gasteiger partial charge in [0.05, 0.1) is 12.1 Å². The highest BCUT2D eigenvalue weighted by molar-refractivity contribution is 5.99. The van der Waals surface area contributed by atoms with Crippen molar-refractivity contribution in [1.29, 1.82) is 0 Å². The highest BCUT2D eigenvalue weighted by Crippen LogP contribution is 2.29. The molecule has 0 aliphatic rings. The van der Waals surface area contributed by atoms with E-state index in [0.29, 0.717) is 6.07 Å². The van der Waals surface area contributed by atoms with Crippen molar-refractivity contribution >= 4 is 29.0 Å². The summed E-state index contributed by atoms with van der Waals surface area (Å²) in [6.45, 7) is 1.22. The zero-order valence-corrected chi connectivity index (χ0v) is 16.9. The molecule has 0 spiro atoms. The van der Waals surface area contributed by atoms with Crippen molar-refractivity contribution in [1.82, 2.24) is 9.97 Å². The molecule has 2 aromatic heterocycles. The Labute approximate surface area is 183 Å². The number of pyridine rings is 2. The van der Waals surface area contributed by atoms with Gasteiger partial charge in [0.25, 0.3) is 0 Å². The number of carbonyl (C=O) groups excluding carboxylic acids is 2. The van der Waals surface area contributed by atoms with Gasteiger partial charge in [0.2, 0.25) is 17.8 Å². The van der Waals surface area contributed by atoms with Crippen molar-refractivity contribution < 1.29 is 36.3 Å². The summed E-state index contributed by atoms with van der Waals surface area (Å²) in [5, 5.41) is 2.46. The molecular weight excluding hydrogens is 451 g/mol. The van der Waals surface area contributed by atoms with Crippen molar-refractivity contribution in [3.8, 4) is 5.75 Å². The highest BCUT2D eigenvalue weighted by atomic mass is 19.4. The molecule has 7 nitrogen and oxygen atoms in total. The molecule has 0 radical (unpaired) electrons. The maximum absolute atomic E-state index is 13.5. The zero-order valence-electron chi connectivity index (χ0n) is 16.9. The molecule has 1 aromatic carbocycles. The lowest BCUT2D eigenvalue weighted by atomic mass is 10.1. The number of hydrogen-bond acceptors (Lipinski definition) is 5. The maximum Gasteiger partial charge on any atom is 0.573 e. The number of ether oxygens (including phenoxy) is 1. The van der Waals surface area contributed by atoms with E-state index in [-0.39, 0.29) is 22.8 Å². The average Bonchev–Trinajstić information content (AvgIpc) is 2.69. The third-order valence-corrected chi connectivity index (χ3v) is 4.15. The molecule has 0 aliphatic carbocycles. The quantitative estimate of drug-likeness (QED) is 0.427. The summed E-state index contributed by atoms with van der Waals surface area (Å²) in [6, 6.07) is 7.52. The van der Waals surface area contributed by atoms with Gasteiger partial charge >= 0.3 is 6.36 Å². The van der Waals surface area contributed by atoms with Gasteiger partial charge in [-0.25, -0.2) is 14.4 Å². The number of aromatic nitrogens is 2. The SMILES string of the molecule is CC(=O)N(c1ccnc(F)c1)c1cc(NC(=O)Cc2ccc(F)cc2OC(F)(F)F)ccn1. The first-order chi connectivity index (χ1) is 15.5. The molecule has 0 saturated heterocycles. The van der Waals surface area contributed by atoms with E-state index in [4.69, 9.17) is 0 Å². The minimum absolute atomic E-state index is 0.0498. The molecule has 3 aromatic rings. The molecule has 0 saturated carbocycles. The van der Waals surface area contributed by atoms with E-state index in [1.165, 1.54) is 31.3 Å². The van der Waals surface area contributed by atoms with Crippen molar-refractivity contribution in [3.63, 3.8) is 0 Å². The Morgan fingerprint density at radius 3 is 2.42 bits per heavy atom. The van der Waals surface area contributed by atoms with Crippen LogP contribution in [0, 0.1) is 11.8 Å². The number of rotatable bonds is 6. The van der Waals surface area contributed by atoms with Crippen molar-refractivity contribution in [2.45, 2.75) is 19.7 Å². The molecule has 0 unspecified atom stereocenters. The monoisotopic (exact) mass is 466 g/mol. The van der Waals surface area contributed by atoms with E-state index in [9.17, 15) is 31.5 Å². The predicted octanol–water partition coefficient (Wildman–Crippen LogP) is 4.52. The van der Waals surface area contributed by atoms with Gasteiger partial charge < -0.3 is 10.1 Å². The summed E-state index contributed by atoms with van der Waals surface area (Å²) in [7, 11) is 0. The van der Waals surface area contributed by atoms with E-state index < -0.39 is 42.1 Å². The van der Waals surface area contributed by atoms with Gasteiger partial charge in [0.1, 0.15) is 17.4 Å². The lowest BCUT2D eigenvalue weighted by Gasteiger charge is -2.20. The molecule has 0 atom stereocenters. The normalized spacial score (nSPS) is 11.1. The number of alkyl halides is 3. The number of nitrogens with one attached hydrogen (secondary N) is 1. The van der Waals surface area contributed by atoms with Crippen LogP contribution in [-0.2, 0) is 16.0 Å². The van der Waals surface area contributed by atoms with Crippen LogP contribution in [-0.4, -0.2) is 28.1 Å². The Hall–Kier alpha value is -4.09. The Morgan fingerprint density at radius 1 is 1.03 bits per heavy atom. The largest absolute Gasteiger partial charge is 0.573 e. The molecule has 33 heavy (non-hydrogen) atoms. The van der Waals surface area contributed by atoms with Crippen LogP contribution in [0.3, 0.4) is 0 Å². The molecule has 172 valence electrons. The van der Waals surface area contributed by atoms with Crippen LogP contribution in [0.5, 0.6) is 5.75 Å². The summed E-state index contributed by atoms with van der Waals surface area (Å²) in [5.74, 6) is -3.82. The van der Waals surface area contributed by atoms with Gasteiger partial charge in [-0.15, -0.1) is 13.2 Å². The second-order valence-electron chi connectivity index (χ2n) is 6.62. The van der Waals surface area contributed by atoms with Gasteiger partial charge in [-0.2, -0.15) is 4.39 Å². The third kappa shape index (κ3) is 6.45. The topological polar surface area (TPSA) is 84.4 Å². The first-order valence-electron chi connectivity index (χ1n) is 9.24. The van der Waals surface area contributed by atoms with Crippen LogP contribution in [0.4, 0.5) is 39.1 Å².